The molecule has 8 heteroatoms. The van der Waals surface area contributed by atoms with Gasteiger partial charge in [-0.05, 0) is 55.0 Å². The number of rotatable bonds is 3. The highest BCUT2D eigenvalue weighted by atomic mass is 19.4. The maximum Gasteiger partial charge on any atom is 0.416 e. The first-order valence-corrected chi connectivity index (χ1v) is 8.71. The average molecular weight is 396 g/mol. The Balaban J connectivity index is 1.64. The van der Waals surface area contributed by atoms with Crippen molar-refractivity contribution < 1.29 is 18.0 Å². The van der Waals surface area contributed by atoms with E-state index in [-0.39, 0.29) is 11.4 Å². The zero-order chi connectivity index (χ0) is 20.6. The van der Waals surface area contributed by atoms with Gasteiger partial charge in [0, 0.05) is 29.0 Å². The van der Waals surface area contributed by atoms with E-state index >= 15 is 0 Å². The minimum atomic E-state index is -4.43. The number of aryl methyl sites for hydroxylation is 1. The average Bonchev–Trinajstić information content (AvgIpc) is 3.17. The Hall–Kier alpha value is -3.68. The first kappa shape index (κ1) is 18.7. The summed E-state index contributed by atoms with van der Waals surface area (Å²) >= 11 is 0. The Morgan fingerprint density at radius 3 is 2.52 bits per heavy atom. The molecule has 1 aromatic carbocycles. The van der Waals surface area contributed by atoms with E-state index in [9.17, 15) is 18.0 Å². The molecular formula is C21H15F3N4O. The standard InChI is InChI=1S/C21H15F3N4O/c1-12-2-7-17(15-8-10-25-19-16(15)9-11-26-19)28-18(12)20(29)27-14-5-3-13(4-6-14)21(22,23)24/h2-11H,1H3,(H,25,26)(H,27,29). The lowest BCUT2D eigenvalue weighted by atomic mass is 10.1. The number of alkyl halides is 3. The molecule has 0 radical (unpaired) electrons. The summed E-state index contributed by atoms with van der Waals surface area (Å²) in [4.78, 5) is 24.5. The third-order valence-electron chi connectivity index (χ3n) is 4.52. The molecule has 0 aliphatic rings. The summed E-state index contributed by atoms with van der Waals surface area (Å²) in [5.41, 5.74) is 2.45. The first-order valence-electron chi connectivity index (χ1n) is 8.71. The molecule has 5 nitrogen and oxygen atoms in total. The molecule has 29 heavy (non-hydrogen) atoms. The molecule has 3 heterocycles. The molecule has 146 valence electrons. The van der Waals surface area contributed by atoms with Gasteiger partial charge in [0.05, 0.1) is 11.3 Å². The van der Waals surface area contributed by atoms with Crippen molar-refractivity contribution in [2.24, 2.45) is 0 Å². The number of amides is 1. The topological polar surface area (TPSA) is 70.7 Å². The van der Waals surface area contributed by atoms with Gasteiger partial charge in [-0.1, -0.05) is 6.07 Å². The van der Waals surface area contributed by atoms with Crippen molar-refractivity contribution in [3.05, 3.63) is 77.7 Å². The summed E-state index contributed by atoms with van der Waals surface area (Å²) in [5.74, 6) is -0.497. The van der Waals surface area contributed by atoms with Gasteiger partial charge in [0.1, 0.15) is 11.3 Å². The molecule has 4 aromatic rings. The monoisotopic (exact) mass is 396 g/mol. The molecule has 0 aliphatic carbocycles. The Morgan fingerprint density at radius 2 is 1.79 bits per heavy atom. The number of aromatic amines is 1. The number of halogens is 3. The van der Waals surface area contributed by atoms with Crippen molar-refractivity contribution in [1.29, 1.82) is 0 Å². The minimum Gasteiger partial charge on any atom is -0.346 e. The number of pyridine rings is 2. The van der Waals surface area contributed by atoms with E-state index in [2.05, 4.69) is 20.3 Å². The third kappa shape index (κ3) is 3.69. The maximum atomic E-state index is 12.7. The Labute approximate surface area is 163 Å². The zero-order valence-corrected chi connectivity index (χ0v) is 15.2. The molecule has 3 aromatic heterocycles. The SMILES string of the molecule is Cc1ccc(-c2ccnc3[nH]ccc23)nc1C(=O)Nc1ccc(C(F)(F)F)cc1. The highest BCUT2D eigenvalue weighted by Gasteiger charge is 2.30. The van der Waals surface area contributed by atoms with Gasteiger partial charge in [0.15, 0.2) is 0 Å². The van der Waals surface area contributed by atoms with Gasteiger partial charge in [-0.2, -0.15) is 13.2 Å². The lowest BCUT2D eigenvalue weighted by Crippen LogP contribution is -2.16. The van der Waals surface area contributed by atoms with E-state index in [4.69, 9.17) is 0 Å². The van der Waals surface area contributed by atoms with E-state index in [1.54, 1.807) is 25.4 Å². The molecule has 0 unspecified atom stereocenters. The summed E-state index contributed by atoms with van der Waals surface area (Å²) < 4.78 is 38.1. The number of nitrogens with zero attached hydrogens (tertiary/aromatic N) is 2. The van der Waals surface area contributed by atoms with Crippen LogP contribution in [0.15, 0.2) is 60.9 Å². The van der Waals surface area contributed by atoms with Crippen LogP contribution in [0.5, 0.6) is 0 Å². The van der Waals surface area contributed by atoms with Gasteiger partial charge in [0.2, 0.25) is 0 Å². The van der Waals surface area contributed by atoms with Gasteiger partial charge in [-0.25, -0.2) is 9.97 Å². The van der Waals surface area contributed by atoms with Gasteiger partial charge >= 0.3 is 6.18 Å². The summed E-state index contributed by atoms with van der Waals surface area (Å²) in [6.45, 7) is 1.75. The van der Waals surface area contributed by atoms with Gasteiger partial charge in [-0.3, -0.25) is 4.79 Å². The van der Waals surface area contributed by atoms with E-state index in [1.807, 2.05) is 18.2 Å². The lowest BCUT2D eigenvalue weighted by Gasteiger charge is -2.11. The van der Waals surface area contributed by atoms with Crippen LogP contribution in [-0.4, -0.2) is 20.9 Å². The molecule has 0 saturated carbocycles. The van der Waals surface area contributed by atoms with E-state index in [0.717, 1.165) is 23.1 Å². The van der Waals surface area contributed by atoms with E-state index < -0.39 is 17.6 Å². The smallest absolute Gasteiger partial charge is 0.346 e. The number of fused-ring (bicyclic) bond motifs is 1. The van der Waals surface area contributed by atoms with Crippen LogP contribution >= 0.6 is 0 Å². The van der Waals surface area contributed by atoms with Crippen LogP contribution in [0, 0.1) is 6.92 Å². The number of anilines is 1. The van der Waals surface area contributed by atoms with Crippen LogP contribution in [-0.2, 0) is 6.18 Å². The number of carbonyl (C=O) groups excluding carboxylic acids is 1. The van der Waals surface area contributed by atoms with Crippen molar-refractivity contribution in [3.8, 4) is 11.3 Å². The number of nitrogens with one attached hydrogen (secondary N) is 2. The molecule has 0 aliphatic heterocycles. The van der Waals surface area contributed by atoms with Crippen LogP contribution in [0.2, 0.25) is 0 Å². The molecule has 0 spiro atoms. The van der Waals surface area contributed by atoms with Crippen LogP contribution in [0.25, 0.3) is 22.3 Å². The van der Waals surface area contributed by atoms with Gasteiger partial charge < -0.3 is 10.3 Å². The number of carbonyl (C=O) groups is 1. The molecular weight excluding hydrogens is 381 g/mol. The van der Waals surface area contributed by atoms with Crippen molar-refractivity contribution in [3.63, 3.8) is 0 Å². The Morgan fingerprint density at radius 1 is 1.03 bits per heavy atom. The number of aromatic nitrogens is 3. The molecule has 0 bridgehead atoms. The summed E-state index contributed by atoms with van der Waals surface area (Å²) in [6.07, 6.45) is -1.01. The molecule has 0 fully saturated rings. The van der Waals surface area contributed by atoms with Crippen molar-refractivity contribution in [2.45, 2.75) is 13.1 Å². The van der Waals surface area contributed by atoms with Crippen molar-refractivity contribution in [1.82, 2.24) is 15.0 Å². The highest BCUT2D eigenvalue weighted by Crippen LogP contribution is 2.30. The highest BCUT2D eigenvalue weighted by molar-refractivity contribution is 6.04. The fourth-order valence-electron chi connectivity index (χ4n) is 3.03. The normalized spacial score (nSPS) is 11.6. The van der Waals surface area contributed by atoms with Gasteiger partial charge in [0.25, 0.3) is 5.91 Å². The summed E-state index contributed by atoms with van der Waals surface area (Å²) in [7, 11) is 0. The fourth-order valence-corrected chi connectivity index (χ4v) is 3.03. The fraction of sp³-hybridized carbons (Fsp3) is 0.0952. The third-order valence-corrected chi connectivity index (χ3v) is 4.52. The van der Waals surface area contributed by atoms with Gasteiger partial charge in [-0.15, -0.1) is 0 Å². The lowest BCUT2D eigenvalue weighted by molar-refractivity contribution is -0.137. The number of benzene rings is 1. The Bertz CT molecular complexity index is 1200. The van der Waals surface area contributed by atoms with Crippen LogP contribution < -0.4 is 5.32 Å². The quantitative estimate of drug-likeness (QED) is 0.500. The molecule has 4 rings (SSSR count). The summed E-state index contributed by atoms with van der Waals surface area (Å²) in [6, 6.07) is 11.6. The molecule has 0 atom stereocenters. The molecule has 2 N–H and O–H groups in total. The van der Waals surface area contributed by atoms with E-state index in [0.29, 0.717) is 16.9 Å². The molecule has 1 amide bonds. The first-order chi connectivity index (χ1) is 13.8. The predicted molar refractivity (Wildman–Crippen MR) is 103 cm³/mol. The number of hydrogen-bond acceptors (Lipinski definition) is 3. The maximum absolute atomic E-state index is 12.7. The molecule has 0 saturated heterocycles. The second-order valence-corrected chi connectivity index (χ2v) is 6.49. The zero-order valence-electron chi connectivity index (χ0n) is 15.2. The Kier molecular flexibility index (Phi) is 4.54. The minimum absolute atomic E-state index is 0.197. The summed E-state index contributed by atoms with van der Waals surface area (Å²) in [5, 5.41) is 3.47. The predicted octanol–water partition coefficient (Wildman–Crippen LogP) is 5.20. The van der Waals surface area contributed by atoms with Crippen molar-refractivity contribution in [2.75, 3.05) is 5.32 Å². The van der Waals surface area contributed by atoms with Crippen LogP contribution in [0.3, 0.4) is 0 Å². The van der Waals surface area contributed by atoms with Crippen LogP contribution in [0.1, 0.15) is 21.6 Å². The van der Waals surface area contributed by atoms with E-state index in [1.165, 1.54) is 12.1 Å². The number of H-pyrrole nitrogens is 1. The number of hydrogen-bond donors (Lipinski definition) is 2. The largest absolute Gasteiger partial charge is 0.416 e. The van der Waals surface area contributed by atoms with Crippen LogP contribution in [0.4, 0.5) is 18.9 Å². The van der Waals surface area contributed by atoms with Crippen molar-refractivity contribution >= 4 is 22.6 Å². The second-order valence-electron chi connectivity index (χ2n) is 6.49. The second kappa shape index (κ2) is 7.05.